The van der Waals surface area contributed by atoms with Crippen molar-refractivity contribution in [3.05, 3.63) is 0 Å². The molecule has 2 heterocycles. The first-order valence-electron chi connectivity index (χ1n) is 9.16. The van der Waals surface area contributed by atoms with E-state index < -0.39 is 11.4 Å². The maximum Gasteiger partial charge on any atom is 0.311 e. The number of hydrogen-bond donors (Lipinski definition) is 1. The number of carboxylic acids is 1. The van der Waals surface area contributed by atoms with Crippen molar-refractivity contribution in [3.8, 4) is 0 Å². The fourth-order valence-corrected chi connectivity index (χ4v) is 4.78. The molecular weight excluding hydrogens is 308 g/mol. The predicted molar refractivity (Wildman–Crippen MR) is 88.1 cm³/mol. The molecule has 2 amide bonds. The van der Waals surface area contributed by atoms with Crippen molar-refractivity contribution in [1.29, 1.82) is 0 Å². The number of nitrogens with zero attached hydrogens (tertiary/aromatic N) is 2. The number of fused-ring (bicyclic) bond motifs is 1. The second-order valence-electron chi connectivity index (χ2n) is 8.02. The second-order valence-corrected chi connectivity index (χ2v) is 8.02. The molecule has 0 aromatic carbocycles. The maximum atomic E-state index is 12.8. The summed E-state index contributed by atoms with van der Waals surface area (Å²) in [5.41, 5.74) is -0.704. The highest BCUT2D eigenvalue weighted by Crippen LogP contribution is 2.49. The molecule has 3 rings (SSSR count). The largest absolute Gasteiger partial charge is 0.481 e. The minimum absolute atomic E-state index is 0.00867. The van der Waals surface area contributed by atoms with Crippen molar-refractivity contribution in [2.75, 3.05) is 26.2 Å². The first-order valence-corrected chi connectivity index (χ1v) is 9.16. The van der Waals surface area contributed by atoms with Gasteiger partial charge in [0.1, 0.15) is 0 Å². The predicted octanol–water partition coefficient (Wildman–Crippen LogP) is 1.59. The molecule has 6 heteroatoms. The molecule has 0 spiro atoms. The van der Waals surface area contributed by atoms with Gasteiger partial charge in [-0.25, -0.2) is 0 Å². The van der Waals surface area contributed by atoms with E-state index in [4.69, 9.17) is 0 Å². The molecule has 134 valence electrons. The van der Waals surface area contributed by atoms with Crippen LogP contribution >= 0.6 is 0 Å². The van der Waals surface area contributed by atoms with E-state index in [1.807, 2.05) is 18.7 Å². The molecule has 3 fully saturated rings. The molecule has 2 aliphatic heterocycles. The summed E-state index contributed by atoms with van der Waals surface area (Å²) in [5, 5.41) is 9.65. The molecule has 1 N–H and O–H groups in total. The average molecular weight is 336 g/mol. The molecule has 0 bridgehead atoms. The van der Waals surface area contributed by atoms with Crippen LogP contribution in [0.25, 0.3) is 0 Å². The van der Waals surface area contributed by atoms with Gasteiger partial charge in [-0.15, -0.1) is 0 Å². The number of aliphatic carboxylic acids is 1. The smallest absolute Gasteiger partial charge is 0.311 e. The Kier molecular flexibility index (Phi) is 4.58. The van der Waals surface area contributed by atoms with E-state index in [-0.39, 0.29) is 29.6 Å². The Morgan fingerprint density at radius 1 is 1.08 bits per heavy atom. The standard InChI is InChI=1S/C18H28N2O4/c1-12(2)15(21)19-8-5-13(6-9-19)16(22)20-10-14-4-3-7-18(14,11-20)17(23)24/h12-14H,3-11H2,1-2H3,(H,23,24)/t14-,18+/m0/s1. The molecular formula is C18H28N2O4. The molecule has 0 aromatic heterocycles. The zero-order chi connectivity index (χ0) is 17.5. The summed E-state index contributed by atoms with van der Waals surface area (Å²) in [5.74, 6) is -0.446. The number of likely N-dealkylation sites (tertiary alicyclic amines) is 2. The molecule has 0 radical (unpaired) electrons. The molecule has 2 atom stereocenters. The van der Waals surface area contributed by atoms with Gasteiger partial charge in [-0.1, -0.05) is 20.3 Å². The van der Waals surface area contributed by atoms with Gasteiger partial charge in [0, 0.05) is 38.0 Å². The fourth-order valence-electron chi connectivity index (χ4n) is 4.78. The van der Waals surface area contributed by atoms with E-state index in [0.29, 0.717) is 45.4 Å². The van der Waals surface area contributed by atoms with E-state index in [9.17, 15) is 19.5 Å². The summed E-state index contributed by atoms with van der Waals surface area (Å²) < 4.78 is 0. The van der Waals surface area contributed by atoms with Gasteiger partial charge in [-0.2, -0.15) is 0 Å². The Hall–Kier alpha value is -1.59. The summed E-state index contributed by atoms with van der Waals surface area (Å²) in [6, 6.07) is 0. The Labute approximate surface area is 143 Å². The van der Waals surface area contributed by atoms with Gasteiger partial charge < -0.3 is 14.9 Å². The first-order chi connectivity index (χ1) is 11.3. The Balaban J connectivity index is 1.59. The molecule has 0 aromatic rings. The van der Waals surface area contributed by atoms with Gasteiger partial charge in [-0.05, 0) is 31.6 Å². The van der Waals surface area contributed by atoms with Crippen molar-refractivity contribution >= 4 is 17.8 Å². The zero-order valence-electron chi connectivity index (χ0n) is 14.7. The number of carbonyl (C=O) groups is 3. The van der Waals surface area contributed by atoms with Crippen molar-refractivity contribution in [2.45, 2.75) is 46.0 Å². The lowest BCUT2D eigenvalue weighted by molar-refractivity contribution is -0.150. The number of amides is 2. The normalized spacial score (nSPS) is 30.7. The monoisotopic (exact) mass is 336 g/mol. The third-order valence-electron chi connectivity index (χ3n) is 6.26. The molecule has 24 heavy (non-hydrogen) atoms. The topological polar surface area (TPSA) is 77.9 Å². The number of carboxylic acid groups (broad SMARTS) is 1. The van der Waals surface area contributed by atoms with Crippen LogP contribution < -0.4 is 0 Å². The van der Waals surface area contributed by atoms with Crippen LogP contribution in [0.5, 0.6) is 0 Å². The van der Waals surface area contributed by atoms with Gasteiger partial charge in [0.05, 0.1) is 5.41 Å². The summed E-state index contributed by atoms with van der Waals surface area (Å²) in [6.07, 6.45) is 3.95. The van der Waals surface area contributed by atoms with Gasteiger partial charge in [-0.3, -0.25) is 14.4 Å². The molecule has 3 aliphatic rings. The Bertz CT molecular complexity index is 539. The van der Waals surface area contributed by atoms with Crippen LogP contribution in [0, 0.1) is 23.2 Å². The lowest BCUT2D eigenvalue weighted by Gasteiger charge is -2.34. The van der Waals surface area contributed by atoms with Crippen molar-refractivity contribution in [3.63, 3.8) is 0 Å². The second kappa shape index (κ2) is 6.37. The van der Waals surface area contributed by atoms with Crippen molar-refractivity contribution in [2.24, 2.45) is 23.2 Å². The highest BCUT2D eigenvalue weighted by molar-refractivity contribution is 5.83. The van der Waals surface area contributed by atoms with Gasteiger partial charge in [0.25, 0.3) is 0 Å². The molecule has 2 saturated heterocycles. The van der Waals surface area contributed by atoms with E-state index in [2.05, 4.69) is 0 Å². The maximum absolute atomic E-state index is 12.8. The van der Waals surface area contributed by atoms with Gasteiger partial charge in [0.2, 0.25) is 11.8 Å². The third-order valence-corrected chi connectivity index (χ3v) is 6.26. The van der Waals surface area contributed by atoms with Crippen molar-refractivity contribution in [1.82, 2.24) is 9.80 Å². The lowest BCUT2D eigenvalue weighted by atomic mass is 9.81. The highest BCUT2D eigenvalue weighted by atomic mass is 16.4. The van der Waals surface area contributed by atoms with Crippen LogP contribution in [0.15, 0.2) is 0 Å². The highest BCUT2D eigenvalue weighted by Gasteiger charge is 2.56. The molecule has 1 aliphatic carbocycles. The number of carbonyl (C=O) groups excluding carboxylic acids is 2. The summed E-state index contributed by atoms with van der Waals surface area (Å²) in [7, 11) is 0. The Morgan fingerprint density at radius 3 is 2.29 bits per heavy atom. The van der Waals surface area contributed by atoms with Crippen LogP contribution in [-0.4, -0.2) is 58.9 Å². The van der Waals surface area contributed by atoms with Crippen molar-refractivity contribution < 1.29 is 19.5 Å². The number of rotatable bonds is 3. The quantitative estimate of drug-likeness (QED) is 0.849. The van der Waals surface area contributed by atoms with E-state index >= 15 is 0 Å². The fraction of sp³-hybridized carbons (Fsp3) is 0.833. The van der Waals surface area contributed by atoms with Crippen LogP contribution in [-0.2, 0) is 14.4 Å². The summed E-state index contributed by atoms with van der Waals surface area (Å²) >= 11 is 0. The average Bonchev–Trinajstić information content (AvgIpc) is 3.11. The number of hydrogen-bond acceptors (Lipinski definition) is 3. The Morgan fingerprint density at radius 2 is 1.75 bits per heavy atom. The van der Waals surface area contributed by atoms with Gasteiger partial charge >= 0.3 is 5.97 Å². The van der Waals surface area contributed by atoms with Gasteiger partial charge in [0.15, 0.2) is 0 Å². The molecule has 0 unspecified atom stereocenters. The minimum Gasteiger partial charge on any atom is -0.481 e. The van der Waals surface area contributed by atoms with Crippen LogP contribution in [0.2, 0.25) is 0 Å². The first kappa shape index (κ1) is 17.2. The van der Waals surface area contributed by atoms with Crippen LogP contribution in [0.3, 0.4) is 0 Å². The lowest BCUT2D eigenvalue weighted by Crippen LogP contribution is -2.45. The minimum atomic E-state index is -0.738. The zero-order valence-corrected chi connectivity index (χ0v) is 14.7. The SMILES string of the molecule is CC(C)C(=O)N1CCC(C(=O)N2C[C@@H]3CCC[C@@]3(C(=O)O)C2)CC1. The van der Waals surface area contributed by atoms with E-state index in [1.165, 1.54) is 0 Å². The number of piperidine rings is 1. The molecule has 1 saturated carbocycles. The van der Waals surface area contributed by atoms with E-state index in [1.54, 1.807) is 4.90 Å². The summed E-state index contributed by atoms with van der Waals surface area (Å²) in [6.45, 7) is 6.03. The van der Waals surface area contributed by atoms with Crippen LogP contribution in [0.4, 0.5) is 0 Å². The molecule has 6 nitrogen and oxygen atoms in total. The van der Waals surface area contributed by atoms with Crippen LogP contribution in [0.1, 0.15) is 46.0 Å². The van der Waals surface area contributed by atoms with E-state index in [0.717, 1.165) is 12.8 Å². The third kappa shape index (κ3) is 2.80. The summed E-state index contributed by atoms with van der Waals surface area (Å²) in [4.78, 5) is 40.3.